The van der Waals surface area contributed by atoms with Crippen LogP contribution in [0.4, 0.5) is 0 Å². The fourth-order valence-corrected chi connectivity index (χ4v) is 2.61. The number of halogens is 1. The van der Waals surface area contributed by atoms with Crippen LogP contribution in [0.15, 0.2) is 12.1 Å². The van der Waals surface area contributed by atoms with Gasteiger partial charge in [0.25, 0.3) is 0 Å². The Balaban J connectivity index is 2.29. The Morgan fingerprint density at radius 1 is 1.55 bits per heavy atom. The highest BCUT2D eigenvalue weighted by molar-refractivity contribution is 7.16. The molecule has 0 saturated heterocycles. The highest BCUT2D eigenvalue weighted by atomic mass is 35.5. The van der Waals surface area contributed by atoms with Crippen molar-refractivity contribution in [2.24, 2.45) is 0 Å². The fourth-order valence-electron chi connectivity index (χ4n) is 1.32. The summed E-state index contributed by atoms with van der Waals surface area (Å²) in [7, 11) is 2.01. The maximum atomic E-state index is 5.84. The van der Waals surface area contributed by atoms with Crippen molar-refractivity contribution >= 4 is 22.9 Å². The molecule has 1 fully saturated rings. The van der Waals surface area contributed by atoms with Gasteiger partial charge in [-0.05, 0) is 32.0 Å². The first-order valence-corrected chi connectivity index (χ1v) is 4.91. The Morgan fingerprint density at radius 2 is 2.27 bits per heavy atom. The summed E-state index contributed by atoms with van der Waals surface area (Å²) in [4.78, 5) is 1.38. The average Bonchev–Trinajstić information content (AvgIpc) is 2.70. The van der Waals surface area contributed by atoms with E-state index in [1.807, 2.05) is 13.1 Å². The van der Waals surface area contributed by atoms with Gasteiger partial charge >= 0.3 is 0 Å². The lowest BCUT2D eigenvalue weighted by Gasteiger charge is -2.10. The molecule has 0 bridgehead atoms. The molecule has 1 saturated carbocycles. The van der Waals surface area contributed by atoms with E-state index in [0.29, 0.717) is 0 Å². The summed E-state index contributed by atoms with van der Waals surface area (Å²) in [5.74, 6) is 0. The Bertz CT molecular complexity index is 265. The summed E-state index contributed by atoms with van der Waals surface area (Å²) in [5.41, 5.74) is 0.289. The van der Waals surface area contributed by atoms with Gasteiger partial charge in [0.15, 0.2) is 0 Å². The van der Waals surface area contributed by atoms with E-state index >= 15 is 0 Å². The summed E-state index contributed by atoms with van der Waals surface area (Å²) < 4.78 is 0.890. The molecule has 1 aliphatic rings. The van der Waals surface area contributed by atoms with Gasteiger partial charge in [-0.2, -0.15) is 0 Å². The zero-order valence-corrected chi connectivity index (χ0v) is 7.93. The second-order valence-electron chi connectivity index (χ2n) is 2.94. The molecule has 1 aromatic heterocycles. The van der Waals surface area contributed by atoms with E-state index in [4.69, 9.17) is 11.6 Å². The lowest BCUT2D eigenvalue weighted by molar-refractivity contribution is 0.597. The fraction of sp³-hybridized carbons (Fsp3) is 0.500. The zero-order valence-electron chi connectivity index (χ0n) is 6.36. The number of rotatable bonds is 2. The third kappa shape index (κ3) is 1.19. The van der Waals surface area contributed by atoms with Crippen LogP contribution in [0.2, 0.25) is 4.34 Å². The van der Waals surface area contributed by atoms with Gasteiger partial charge in [0.1, 0.15) is 0 Å². The Morgan fingerprint density at radius 3 is 2.64 bits per heavy atom. The van der Waals surface area contributed by atoms with Gasteiger partial charge in [0.2, 0.25) is 0 Å². The van der Waals surface area contributed by atoms with E-state index in [9.17, 15) is 0 Å². The lowest BCUT2D eigenvalue weighted by Crippen LogP contribution is -2.22. The summed E-state index contributed by atoms with van der Waals surface area (Å²) >= 11 is 7.53. The van der Waals surface area contributed by atoms with Crippen LogP contribution < -0.4 is 5.32 Å². The minimum atomic E-state index is 0.289. The number of nitrogens with one attached hydrogen (secondary N) is 1. The maximum absolute atomic E-state index is 5.84. The van der Waals surface area contributed by atoms with Crippen LogP contribution in [0.3, 0.4) is 0 Å². The number of thiophene rings is 1. The maximum Gasteiger partial charge on any atom is 0.0931 e. The van der Waals surface area contributed by atoms with Crippen molar-refractivity contribution in [3.63, 3.8) is 0 Å². The molecule has 0 aliphatic heterocycles. The Hall–Kier alpha value is -0.0500. The molecule has 2 rings (SSSR count). The van der Waals surface area contributed by atoms with Crippen LogP contribution in [-0.2, 0) is 5.54 Å². The highest BCUT2D eigenvalue weighted by Gasteiger charge is 2.43. The van der Waals surface area contributed by atoms with Crippen molar-refractivity contribution in [1.82, 2.24) is 5.32 Å². The third-order valence-corrected chi connectivity index (χ3v) is 3.71. The molecule has 11 heavy (non-hydrogen) atoms. The molecule has 1 N–H and O–H groups in total. The van der Waals surface area contributed by atoms with E-state index in [0.717, 1.165) is 4.34 Å². The van der Waals surface area contributed by atoms with Crippen LogP contribution >= 0.6 is 22.9 Å². The third-order valence-electron chi connectivity index (χ3n) is 2.27. The predicted octanol–water partition coefficient (Wildman–Crippen LogP) is 2.61. The second-order valence-corrected chi connectivity index (χ2v) is 4.65. The van der Waals surface area contributed by atoms with Crippen molar-refractivity contribution in [2.45, 2.75) is 18.4 Å². The van der Waals surface area contributed by atoms with Crippen molar-refractivity contribution in [2.75, 3.05) is 7.05 Å². The number of hydrogen-bond donors (Lipinski definition) is 1. The Labute approximate surface area is 75.4 Å². The largest absolute Gasteiger partial charge is 0.310 e. The van der Waals surface area contributed by atoms with Crippen LogP contribution in [0.5, 0.6) is 0 Å². The highest BCUT2D eigenvalue weighted by Crippen LogP contribution is 2.48. The van der Waals surface area contributed by atoms with Crippen molar-refractivity contribution in [1.29, 1.82) is 0 Å². The van der Waals surface area contributed by atoms with Gasteiger partial charge in [-0.15, -0.1) is 11.3 Å². The topological polar surface area (TPSA) is 12.0 Å². The number of hydrogen-bond acceptors (Lipinski definition) is 2. The smallest absolute Gasteiger partial charge is 0.0931 e. The standard InChI is InChI=1S/C8H10ClNS/c1-10-8(4-5-8)6-2-3-7(9)11-6/h2-3,10H,4-5H2,1H3. The van der Waals surface area contributed by atoms with Crippen LogP contribution in [-0.4, -0.2) is 7.05 Å². The molecule has 1 aromatic rings. The quantitative estimate of drug-likeness (QED) is 0.751. The zero-order chi connectivity index (χ0) is 7.90. The van der Waals surface area contributed by atoms with E-state index in [1.54, 1.807) is 11.3 Å². The summed E-state index contributed by atoms with van der Waals surface area (Å²) in [5, 5.41) is 3.33. The molecular weight excluding hydrogens is 178 g/mol. The molecule has 0 spiro atoms. The monoisotopic (exact) mass is 187 g/mol. The Kier molecular flexibility index (Phi) is 1.71. The van der Waals surface area contributed by atoms with E-state index in [-0.39, 0.29) is 5.54 Å². The van der Waals surface area contributed by atoms with Gasteiger partial charge in [0, 0.05) is 4.88 Å². The molecule has 3 heteroatoms. The second kappa shape index (κ2) is 2.47. The summed E-state index contributed by atoms with van der Waals surface area (Å²) in [6.07, 6.45) is 2.50. The molecule has 0 atom stereocenters. The van der Waals surface area contributed by atoms with Crippen molar-refractivity contribution < 1.29 is 0 Å². The normalized spacial score (nSPS) is 20.2. The van der Waals surface area contributed by atoms with Crippen LogP contribution in [0, 0.1) is 0 Å². The molecule has 0 unspecified atom stereocenters. The molecule has 0 amide bonds. The van der Waals surface area contributed by atoms with E-state index < -0.39 is 0 Å². The molecule has 1 aliphatic carbocycles. The molecule has 0 radical (unpaired) electrons. The van der Waals surface area contributed by atoms with Gasteiger partial charge in [-0.25, -0.2) is 0 Å². The summed E-state index contributed by atoms with van der Waals surface area (Å²) in [6, 6.07) is 4.09. The summed E-state index contributed by atoms with van der Waals surface area (Å²) in [6.45, 7) is 0. The minimum absolute atomic E-state index is 0.289. The first-order valence-electron chi connectivity index (χ1n) is 3.72. The average molecular weight is 188 g/mol. The molecule has 1 heterocycles. The molecule has 60 valence electrons. The lowest BCUT2D eigenvalue weighted by atomic mass is 10.2. The van der Waals surface area contributed by atoms with Gasteiger partial charge in [0.05, 0.1) is 9.88 Å². The van der Waals surface area contributed by atoms with Crippen molar-refractivity contribution in [3.8, 4) is 0 Å². The molecule has 1 nitrogen and oxygen atoms in total. The first-order chi connectivity index (χ1) is 5.27. The van der Waals surface area contributed by atoms with Crippen molar-refractivity contribution in [3.05, 3.63) is 21.3 Å². The van der Waals surface area contributed by atoms with Gasteiger partial charge in [-0.1, -0.05) is 11.6 Å². The van der Waals surface area contributed by atoms with E-state index in [2.05, 4.69) is 11.4 Å². The van der Waals surface area contributed by atoms with Gasteiger partial charge < -0.3 is 5.32 Å². The van der Waals surface area contributed by atoms with Gasteiger partial charge in [-0.3, -0.25) is 0 Å². The molecule has 0 aromatic carbocycles. The van der Waals surface area contributed by atoms with E-state index in [1.165, 1.54) is 17.7 Å². The SMILES string of the molecule is CNC1(c2ccc(Cl)s2)CC1. The van der Waals surface area contributed by atoms with Crippen LogP contribution in [0.1, 0.15) is 17.7 Å². The predicted molar refractivity (Wildman–Crippen MR) is 49.3 cm³/mol. The molecular formula is C8H10ClNS. The van der Waals surface area contributed by atoms with Crippen LogP contribution in [0.25, 0.3) is 0 Å². The first kappa shape index (κ1) is 7.59. The minimum Gasteiger partial charge on any atom is -0.310 e.